The molecule has 0 radical (unpaired) electrons. The van der Waals surface area contributed by atoms with Crippen molar-refractivity contribution in [1.29, 1.82) is 0 Å². The Hall–Kier alpha value is -4.20. The number of rotatable bonds is 4. The number of aromatic nitrogens is 4. The number of urea groups is 1. The SMILES string of the molecule is O=C(Nc1ccccc1)Nc1cc(-c2ccccc2)nn1-c1nc2c(c(=O)[nH]1)CCCC2. The highest BCUT2D eigenvalue weighted by Crippen LogP contribution is 2.24. The fraction of sp³-hybridized carbons (Fsp3) is 0.167. The van der Waals surface area contributed by atoms with E-state index < -0.39 is 6.03 Å². The van der Waals surface area contributed by atoms with E-state index in [4.69, 9.17) is 0 Å². The molecule has 0 saturated heterocycles. The molecule has 0 bridgehead atoms. The van der Waals surface area contributed by atoms with E-state index in [1.165, 1.54) is 4.68 Å². The summed E-state index contributed by atoms with van der Waals surface area (Å²) in [7, 11) is 0. The highest BCUT2D eigenvalue weighted by atomic mass is 16.2. The quantitative estimate of drug-likeness (QED) is 0.456. The minimum absolute atomic E-state index is 0.152. The molecule has 1 aliphatic carbocycles. The second-order valence-corrected chi connectivity index (χ2v) is 7.66. The Kier molecular flexibility index (Phi) is 5.25. The third kappa shape index (κ3) is 4.02. The average Bonchev–Trinajstić information content (AvgIpc) is 3.24. The maximum Gasteiger partial charge on any atom is 0.324 e. The molecule has 0 saturated carbocycles. The molecule has 5 rings (SSSR count). The zero-order chi connectivity index (χ0) is 21.9. The molecular formula is C24H22N6O2. The Labute approximate surface area is 184 Å². The van der Waals surface area contributed by atoms with Gasteiger partial charge in [0.1, 0.15) is 5.82 Å². The molecule has 0 fully saturated rings. The molecule has 8 heteroatoms. The summed E-state index contributed by atoms with van der Waals surface area (Å²) in [6.45, 7) is 0. The van der Waals surface area contributed by atoms with Gasteiger partial charge in [-0.2, -0.15) is 9.78 Å². The molecule has 2 amide bonds. The van der Waals surface area contributed by atoms with Crippen LogP contribution in [0.3, 0.4) is 0 Å². The van der Waals surface area contributed by atoms with Crippen molar-refractivity contribution in [3.63, 3.8) is 0 Å². The van der Waals surface area contributed by atoms with Crippen LogP contribution in [0.25, 0.3) is 17.2 Å². The number of H-pyrrole nitrogens is 1. The van der Waals surface area contributed by atoms with Crippen LogP contribution < -0.4 is 16.2 Å². The van der Waals surface area contributed by atoms with Crippen LogP contribution in [0.4, 0.5) is 16.3 Å². The minimum Gasteiger partial charge on any atom is -0.308 e. The molecule has 0 atom stereocenters. The molecule has 0 spiro atoms. The van der Waals surface area contributed by atoms with Gasteiger partial charge in [0.15, 0.2) is 0 Å². The normalized spacial score (nSPS) is 12.8. The summed E-state index contributed by atoms with van der Waals surface area (Å²) in [5, 5.41) is 10.3. The van der Waals surface area contributed by atoms with E-state index in [0.717, 1.165) is 42.5 Å². The number of nitrogens with one attached hydrogen (secondary N) is 3. The lowest BCUT2D eigenvalue weighted by atomic mass is 9.97. The standard InChI is InChI=1S/C24H22N6O2/c31-22-18-13-7-8-14-19(18)26-23(28-22)30-21(15-20(29-30)16-9-3-1-4-10-16)27-24(32)25-17-11-5-2-6-12-17/h1-6,9-12,15H,7-8,13-14H2,(H2,25,27,32)(H,26,28,31). The van der Waals surface area contributed by atoms with Gasteiger partial charge in [0.05, 0.1) is 11.4 Å². The molecule has 1 aliphatic rings. The molecule has 0 unspecified atom stereocenters. The number of aryl methyl sites for hydroxylation is 1. The van der Waals surface area contributed by atoms with E-state index in [1.807, 2.05) is 48.5 Å². The molecule has 8 nitrogen and oxygen atoms in total. The van der Waals surface area contributed by atoms with Crippen molar-refractivity contribution >= 4 is 17.5 Å². The van der Waals surface area contributed by atoms with Crippen LogP contribution in [0.1, 0.15) is 24.1 Å². The average molecular weight is 426 g/mol. The third-order valence-corrected chi connectivity index (χ3v) is 5.43. The number of benzene rings is 2. The number of hydrogen-bond acceptors (Lipinski definition) is 4. The van der Waals surface area contributed by atoms with E-state index in [1.54, 1.807) is 18.2 Å². The summed E-state index contributed by atoms with van der Waals surface area (Å²) in [5.74, 6) is 0.684. The van der Waals surface area contributed by atoms with Crippen LogP contribution in [0, 0.1) is 0 Å². The number of carbonyl (C=O) groups is 1. The van der Waals surface area contributed by atoms with Crippen LogP contribution in [-0.2, 0) is 12.8 Å². The van der Waals surface area contributed by atoms with E-state index in [-0.39, 0.29) is 11.5 Å². The first-order valence-corrected chi connectivity index (χ1v) is 10.6. The van der Waals surface area contributed by atoms with Crippen molar-refractivity contribution in [2.24, 2.45) is 0 Å². The van der Waals surface area contributed by atoms with Crippen LogP contribution >= 0.6 is 0 Å². The first-order chi connectivity index (χ1) is 15.7. The summed E-state index contributed by atoms with van der Waals surface area (Å²) >= 11 is 0. The minimum atomic E-state index is -0.419. The molecule has 4 aromatic rings. The van der Waals surface area contributed by atoms with E-state index in [0.29, 0.717) is 17.2 Å². The van der Waals surface area contributed by atoms with E-state index >= 15 is 0 Å². The summed E-state index contributed by atoms with van der Waals surface area (Å²) in [6, 6.07) is 20.1. The second-order valence-electron chi connectivity index (χ2n) is 7.66. The predicted molar refractivity (Wildman–Crippen MR) is 123 cm³/mol. The van der Waals surface area contributed by atoms with Crippen LogP contribution in [0.15, 0.2) is 71.5 Å². The van der Waals surface area contributed by atoms with Gasteiger partial charge >= 0.3 is 6.03 Å². The maximum atomic E-state index is 12.7. The number of aromatic amines is 1. The van der Waals surface area contributed by atoms with Gasteiger partial charge in [0, 0.05) is 22.9 Å². The summed E-state index contributed by atoms with van der Waals surface area (Å²) in [4.78, 5) is 32.8. The van der Waals surface area contributed by atoms with Gasteiger partial charge in [-0.1, -0.05) is 48.5 Å². The number of hydrogen-bond donors (Lipinski definition) is 3. The Morgan fingerprint density at radius 1 is 0.938 bits per heavy atom. The van der Waals surface area contributed by atoms with Crippen molar-refractivity contribution in [3.8, 4) is 17.2 Å². The predicted octanol–water partition coefficient (Wildman–Crippen LogP) is 4.15. The Morgan fingerprint density at radius 2 is 1.66 bits per heavy atom. The molecule has 3 N–H and O–H groups in total. The maximum absolute atomic E-state index is 12.7. The smallest absolute Gasteiger partial charge is 0.308 e. The van der Waals surface area contributed by atoms with Crippen molar-refractivity contribution in [2.45, 2.75) is 25.7 Å². The van der Waals surface area contributed by atoms with E-state index in [9.17, 15) is 9.59 Å². The topological polar surface area (TPSA) is 105 Å². The van der Waals surface area contributed by atoms with Crippen LogP contribution in [0.5, 0.6) is 0 Å². The van der Waals surface area contributed by atoms with Gasteiger partial charge in [0.2, 0.25) is 5.95 Å². The molecule has 2 aromatic heterocycles. The molecular weight excluding hydrogens is 404 g/mol. The molecule has 160 valence electrons. The van der Waals surface area contributed by atoms with Crippen LogP contribution in [-0.4, -0.2) is 25.8 Å². The number of para-hydroxylation sites is 1. The van der Waals surface area contributed by atoms with Gasteiger partial charge in [-0.3, -0.25) is 15.1 Å². The lowest BCUT2D eigenvalue weighted by molar-refractivity contribution is 0.262. The zero-order valence-electron chi connectivity index (χ0n) is 17.3. The third-order valence-electron chi connectivity index (χ3n) is 5.43. The monoisotopic (exact) mass is 426 g/mol. The summed E-state index contributed by atoms with van der Waals surface area (Å²) in [6.07, 6.45) is 3.48. The fourth-order valence-electron chi connectivity index (χ4n) is 3.87. The summed E-state index contributed by atoms with van der Waals surface area (Å²) in [5.41, 5.74) is 3.60. The Bertz CT molecular complexity index is 1310. The Morgan fingerprint density at radius 3 is 2.44 bits per heavy atom. The van der Waals surface area contributed by atoms with Crippen molar-refractivity contribution in [2.75, 3.05) is 10.6 Å². The summed E-state index contributed by atoms with van der Waals surface area (Å²) < 4.78 is 1.48. The van der Waals surface area contributed by atoms with Gasteiger partial charge in [0.25, 0.3) is 5.56 Å². The highest BCUT2D eigenvalue weighted by molar-refractivity contribution is 5.99. The van der Waals surface area contributed by atoms with Crippen LogP contribution in [0.2, 0.25) is 0 Å². The zero-order valence-corrected chi connectivity index (χ0v) is 17.3. The van der Waals surface area contributed by atoms with E-state index in [2.05, 4.69) is 25.7 Å². The van der Waals surface area contributed by atoms with Gasteiger partial charge < -0.3 is 5.32 Å². The number of amides is 2. The largest absolute Gasteiger partial charge is 0.324 e. The second kappa shape index (κ2) is 8.50. The molecule has 2 heterocycles. The number of fused-ring (bicyclic) bond motifs is 1. The fourth-order valence-corrected chi connectivity index (χ4v) is 3.87. The Balaban J connectivity index is 1.54. The van der Waals surface area contributed by atoms with Gasteiger partial charge in [-0.15, -0.1) is 0 Å². The van der Waals surface area contributed by atoms with Crippen molar-refractivity contribution < 1.29 is 4.79 Å². The highest BCUT2D eigenvalue weighted by Gasteiger charge is 2.20. The molecule has 2 aromatic carbocycles. The van der Waals surface area contributed by atoms with Crippen molar-refractivity contribution in [1.82, 2.24) is 19.7 Å². The number of carbonyl (C=O) groups excluding carboxylic acids is 1. The molecule has 0 aliphatic heterocycles. The number of nitrogens with zero attached hydrogens (tertiary/aromatic N) is 3. The lowest BCUT2D eigenvalue weighted by Gasteiger charge is -2.15. The first kappa shape index (κ1) is 19.7. The lowest BCUT2D eigenvalue weighted by Crippen LogP contribution is -2.25. The number of anilines is 2. The van der Waals surface area contributed by atoms with Gasteiger partial charge in [-0.05, 0) is 37.8 Å². The molecule has 32 heavy (non-hydrogen) atoms. The van der Waals surface area contributed by atoms with Gasteiger partial charge in [-0.25, -0.2) is 9.78 Å². The van der Waals surface area contributed by atoms with Crippen molar-refractivity contribution in [3.05, 3.63) is 88.3 Å². The first-order valence-electron chi connectivity index (χ1n) is 10.6.